The lowest BCUT2D eigenvalue weighted by molar-refractivity contribution is -0.139. The fourth-order valence-corrected chi connectivity index (χ4v) is 4.05. The van der Waals surface area contributed by atoms with E-state index in [1.807, 2.05) is 37.3 Å². The average molecular weight is 386 g/mol. The summed E-state index contributed by atoms with van der Waals surface area (Å²) in [6.07, 6.45) is 2.10. The summed E-state index contributed by atoms with van der Waals surface area (Å²) in [6, 6.07) is 11.6. The second-order valence-electron chi connectivity index (χ2n) is 7.17. The Morgan fingerprint density at radius 1 is 1.15 bits per heavy atom. The summed E-state index contributed by atoms with van der Waals surface area (Å²) in [5.74, 6) is -0.674. The maximum absolute atomic E-state index is 12.1. The smallest absolute Gasteiger partial charge is 0.309 e. The summed E-state index contributed by atoms with van der Waals surface area (Å²) in [5, 5.41) is 9.87. The summed E-state index contributed by atoms with van der Waals surface area (Å²) in [4.78, 5) is 26.6. The van der Waals surface area contributed by atoms with E-state index in [9.17, 15) is 9.59 Å². The highest BCUT2D eigenvalue weighted by Gasteiger charge is 2.22. The summed E-state index contributed by atoms with van der Waals surface area (Å²) >= 11 is 1.73. The molecule has 2 heterocycles. The van der Waals surface area contributed by atoms with Crippen molar-refractivity contribution in [2.75, 3.05) is 19.6 Å². The monoisotopic (exact) mass is 385 g/mol. The molecule has 1 saturated heterocycles. The molecule has 1 aliphatic heterocycles. The molecule has 6 heteroatoms. The van der Waals surface area contributed by atoms with Crippen molar-refractivity contribution in [1.82, 2.24) is 15.5 Å². The number of hydrogen-bond donors (Lipinski definition) is 2. The van der Waals surface area contributed by atoms with E-state index in [4.69, 9.17) is 0 Å². The van der Waals surface area contributed by atoms with Crippen LogP contribution in [0.1, 0.15) is 36.9 Å². The van der Waals surface area contributed by atoms with Crippen LogP contribution in [-0.4, -0.2) is 36.3 Å². The molecule has 0 aliphatic carbocycles. The normalized spacial score (nSPS) is 16.6. The fourth-order valence-electron chi connectivity index (χ4n) is 3.39. The molecule has 5 nitrogen and oxygen atoms in total. The van der Waals surface area contributed by atoms with Gasteiger partial charge in [-0.1, -0.05) is 30.3 Å². The Balaban J connectivity index is 1.36. The van der Waals surface area contributed by atoms with Crippen LogP contribution >= 0.6 is 11.3 Å². The van der Waals surface area contributed by atoms with Gasteiger partial charge in [0, 0.05) is 13.1 Å². The third-order valence-electron chi connectivity index (χ3n) is 5.10. The number of amides is 2. The lowest BCUT2D eigenvalue weighted by Gasteiger charge is -2.31. The summed E-state index contributed by atoms with van der Waals surface area (Å²) in [5.41, 5.74) is 2.35. The molecule has 144 valence electrons. The summed E-state index contributed by atoms with van der Waals surface area (Å²) < 4.78 is 0. The van der Waals surface area contributed by atoms with Gasteiger partial charge >= 0.3 is 11.8 Å². The molecule has 0 spiro atoms. The molecule has 0 unspecified atom stereocenters. The Morgan fingerprint density at radius 3 is 2.56 bits per heavy atom. The number of thiophene rings is 1. The van der Waals surface area contributed by atoms with Crippen LogP contribution in [-0.2, 0) is 16.1 Å². The van der Waals surface area contributed by atoms with Gasteiger partial charge in [-0.15, -0.1) is 0 Å². The quantitative estimate of drug-likeness (QED) is 0.752. The minimum Gasteiger partial charge on any atom is -0.348 e. The molecule has 1 aromatic carbocycles. The highest BCUT2D eigenvalue weighted by molar-refractivity contribution is 7.07. The number of piperidine rings is 1. The Kier molecular flexibility index (Phi) is 7.01. The molecular weight excluding hydrogens is 358 g/mol. The summed E-state index contributed by atoms with van der Waals surface area (Å²) in [7, 11) is 0. The van der Waals surface area contributed by atoms with Gasteiger partial charge in [0.1, 0.15) is 0 Å². The SMILES string of the molecule is C[C@H](NC(=O)C(=O)NCC1CCN(Cc2ccsc2)CC1)c1ccccc1. The van der Waals surface area contributed by atoms with E-state index in [1.54, 1.807) is 11.3 Å². The first kappa shape index (κ1) is 19.6. The third kappa shape index (κ3) is 5.91. The number of likely N-dealkylation sites (tertiary alicyclic amines) is 1. The number of benzene rings is 1. The van der Waals surface area contributed by atoms with Crippen molar-refractivity contribution in [3.63, 3.8) is 0 Å². The molecule has 3 rings (SSSR count). The molecule has 1 aliphatic rings. The van der Waals surface area contributed by atoms with Crippen molar-refractivity contribution in [2.45, 2.75) is 32.4 Å². The van der Waals surface area contributed by atoms with Gasteiger partial charge in [0.15, 0.2) is 0 Å². The molecule has 1 fully saturated rings. The maximum atomic E-state index is 12.1. The molecule has 27 heavy (non-hydrogen) atoms. The van der Waals surface area contributed by atoms with E-state index >= 15 is 0 Å². The standard InChI is InChI=1S/C21H27N3O2S/c1-16(19-5-3-2-4-6-19)23-21(26)20(25)22-13-17-7-10-24(11-8-17)14-18-9-12-27-15-18/h2-6,9,12,15-17H,7-8,10-11,13-14H2,1H3,(H,22,25)(H,23,26)/t16-/m0/s1. The topological polar surface area (TPSA) is 61.4 Å². The van der Waals surface area contributed by atoms with Crippen molar-refractivity contribution < 1.29 is 9.59 Å². The minimum absolute atomic E-state index is 0.190. The van der Waals surface area contributed by atoms with E-state index in [2.05, 4.69) is 32.4 Å². The second-order valence-corrected chi connectivity index (χ2v) is 7.95. The zero-order valence-electron chi connectivity index (χ0n) is 15.7. The van der Waals surface area contributed by atoms with Gasteiger partial charge in [-0.05, 0) is 66.7 Å². The van der Waals surface area contributed by atoms with E-state index in [0.29, 0.717) is 12.5 Å². The number of carbonyl (C=O) groups is 2. The van der Waals surface area contributed by atoms with Crippen LogP contribution in [0.3, 0.4) is 0 Å². The molecule has 0 bridgehead atoms. The fraction of sp³-hybridized carbons (Fsp3) is 0.429. The highest BCUT2D eigenvalue weighted by atomic mass is 32.1. The molecule has 0 radical (unpaired) electrons. The van der Waals surface area contributed by atoms with Crippen molar-refractivity contribution in [1.29, 1.82) is 0 Å². The van der Waals surface area contributed by atoms with Gasteiger partial charge in [0.05, 0.1) is 6.04 Å². The van der Waals surface area contributed by atoms with Gasteiger partial charge in [0.25, 0.3) is 0 Å². The molecule has 2 aromatic rings. The van der Waals surface area contributed by atoms with Gasteiger partial charge in [0.2, 0.25) is 0 Å². The first-order valence-electron chi connectivity index (χ1n) is 9.49. The lowest BCUT2D eigenvalue weighted by atomic mass is 9.96. The van der Waals surface area contributed by atoms with Crippen molar-refractivity contribution in [3.05, 3.63) is 58.3 Å². The third-order valence-corrected chi connectivity index (χ3v) is 5.83. The van der Waals surface area contributed by atoms with Crippen LogP contribution < -0.4 is 10.6 Å². The van der Waals surface area contributed by atoms with E-state index in [-0.39, 0.29) is 6.04 Å². The van der Waals surface area contributed by atoms with Crippen LogP contribution in [0.15, 0.2) is 47.2 Å². The first-order chi connectivity index (χ1) is 13.1. The Morgan fingerprint density at radius 2 is 1.89 bits per heavy atom. The average Bonchev–Trinajstić information content (AvgIpc) is 3.21. The zero-order chi connectivity index (χ0) is 19.1. The predicted molar refractivity (Wildman–Crippen MR) is 108 cm³/mol. The summed E-state index contributed by atoms with van der Waals surface area (Å²) in [6.45, 7) is 5.52. The molecule has 1 atom stereocenters. The molecule has 2 N–H and O–H groups in total. The first-order valence-corrected chi connectivity index (χ1v) is 10.4. The zero-order valence-corrected chi connectivity index (χ0v) is 16.5. The number of hydrogen-bond acceptors (Lipinski definition) is 4. The van der Waals surface area contributed by atoms with E-state index in [1.165, 1.54) is 5.56 Å². The molecule has 2 amide bonds. The Hall–Kier alpha value is -2.18. The van der Waals surface area contributed by atoms with Crippen molar-refractivity contribution in [2.24, 2.45) is 5.92 Å². The minimum atomic E-state index is -0.568. The van der Waals surface area contributed by atoms with Gasteiger partial charge in [-0.2, -0.15) is 11.3 Å². The van der Waals surface area contributed by atoms with Crippen LogP contribution in [0, 0.1) is 5.92 Å². The predicted octanol–water partition coefficient (Wildman–Crippen LogP) is 2.95. The number of carbonyl (C=O) groups excluding carboxylic acids is 2. The molecule has 1 aromatic heterocycles. The maximum Gasteiger partial charge on any atom is 0.309 e. The van der Waals surface area contributed by atoms with Gasteiger partial charge < -0.3 is 10.6 Å². The number of nitrogens with one attached hydrogen (secondary N) is 2. The largest absolute Gasteiger partial charge is 0.348 e. The van der Waals surface area contributed by atoms with Crippen LogP contribution in [0.25, 0.3) is 0 Å². The highest BCUT2D eigenvalue weighted by Crippen LogP contribution is 2.19. The van der Waals surface area contributed by atoms with Gasteiger partial charge in [-0.25, -0.2) is 0 Å². The van der Waals surface area contributed by atoms with E-state index < -0.39 is 11.8 Å². The van der Waals surface area contributed by atoms with Crippen molar-refractivity contribution >= 4 is 23.2 Å². The second kappa shape index (κ2) is 9.67. The number of rotatable bonds is 6. The van der Waals surface area contributed by atoms with Crippen LogP contribution in [0.2, 0.25) is 0 Å². The lowest BCUT2D eigenvalue weighted by Crippen LogP contribution is -2.44. The molecule has 0 saturated carbocycles. The van der Waals surface area contributed by atoms with Crippen LogP contribution in [0.4, 0.5) is 0 Å². The van der Waals surface area contributed by atoms with Gasteiger partial charge in [-0.3, -0.25) is 14.5 Å². The Bertz CT molecular complexity index is 725. The van der Waals surface area contributed by atoms with Crippen LogP contribution in [0.5, 0.6) is 0 Å². The molecular formula is C21H27N3O2S. The Labute approximate surface area is 164 Å². The van der Waals surface area contributed by atoms with E-state index in [0.717, 1.165) is 38.0 Å². The number of nitrogens with zero attached hydrogens (tertiary/aromatic N) is 1. The van der Waals surface area contributed by atoms with Crippen molar-refractivity contribution in [3.8, 4) is 0 Å².